The predicted octanol–water partition coefficient (Wildman–Crippen LogP) is 3.36. The van der Waals surface area contributed by atoms with Crippen molar-refractivity contribution < 1.29 is 4.52 Å². The summed E-state index contributed by atoms with van der Waals surface area (Å²) in [6.45, 7) is 2.79. The summed E-state index contributed by atoms with van der Waals surface area (Å²) in [5, 5.41) is 11.7. The Bertz CT molecular complexity index is 776. The molecule has 1 saturated carbocycles. The minimum Gasteiger partial charge on any atom is -0.374 e. The van der Waals surface area contributed by atoms with E-state index in [1.54, 1.807) is 6.20 Å². The maximum atomic E-state index is 5.38. The van der Waals surface area contributed by atoms with Crippen LogP contribution in [0.4, 0.5) is 5.69 Å². The van der Waals surface area contributed by atoms with E-state index in [1.165, 1.54) is 18.4 Å². The third-order valence-electron chi connectivity index (χ3n) is 3.98. The third kappa shape index (κ3) is 3.26. The van der Waals surface area contributed by atoms with Crippen LogP contribution in [0.1, 0.15) is 49.0 Å². The first kappa shape index (κ1) is 14.0. The molecule has 0 amide bonds. The van der Waals surface area contributed by atoms with Gasteiger partial charge >= 0.3 is 0 Å². The summed E-state index contributed by atoms with van der Waals surface area (Å²) in [4.78, 5) is 4.50. The Balaban J connectivity index is 1.44. The van der Waals surface area contributed by atoms with Crippen LogP contribution in [0, 0.1) is 0 Å². The van der Waals surface area contributed by atoms with Crippen LogP contribution in [0.3, 0.4) is 0 Å². The lowest BCUT2D eigenvalue weighted by Crippen LogP contribution is -2.08. The maximum Gasteiger partial charge on any atom is 0.248 e. The lowest BCUT2D eigenvalue weighted by atomic mass is 10.2. The van der Waals surface area contributed by atoms with Crippen molar-refractivity contribution in [3.63, 3.8) is 0 Å². The molecule has 1 aliphatic rings. The second kappa shape index (κ2) is 5.87. The van der Waals surface area contributed by atoms with Gasteiger partial charge in [0.05, 0.1) is 6.54 Å². The van der Waals surface area contributed by atoms with Gasteiger partial charge in [-0.05, 0) is 43.5 Å². The molecule has 1 unspecified atom stereocenters. The van der Waals surface area contributed by atoms with Crippen molar-refractivity contribution in [1.29, 1.82) is 0 Å². The van der Waals surface area contributed by atoms with Crippen molar-refractivity contribution in [2.45, 2.75) is 38.3 Å². The first-order chi connectivity index (χ1) is 11.3. The van der Waals surface area contributed by atoms with Gasteiger partial charge in [-0.15, -0.1) is 0 Å². The monoisotopic (exact) mass is 309 g/mol. The molecule has 1 aliphatic carbocycles. The zero-order valence-corrected chi connectivity index (χ0v) is 13.0. The topological polar surface area (TPSA) is 68.8 Å². The smallest absolute Gasteiger partial charge is 0.248 e. The highest BCUT2D eigenvalue weighted by Gasteiger charge is 2.29. The summed E-state index contributed by atoms with van der Waals surface area (Å²) in [6, 6.07) is 10.2. The molecule has 23 heavy (non-hydrogen) atoms. The van der Waals surface area contributed by atoms with Gasteiger partial charge in [0.25, 0.3) is 0 Å². The molecule has 118 valence electrons. The standard InChI is InChI=1S/C17H19N5O/c1-12(17-20-16(21-23-17)14-6-7-14)19-15-5-2-4-13(10-15)11-22-9-3-8-18-22/h2-5,8-10,12,14,19H,6-7,11H2,1H3. The number of hydrogen-bond donors (Lipinski definition) is 1. The molecule has 0 radical (unpaired) electrons. The summed E-state index contributed by atoms with van der Waals surface area (Å²) in [5.74, 6) is 2.00. The molecular formula is C17H19N5O. The largest absolute Gasteiger partial charge is 0.374 e. The van der Waals surface area contributed by atoms with Crippen LogP contribution in [-0.2, 0) is 6.54 Å². The molecule has 2 aromatic heterocycles. The van der Waals surface area contributed by atoms with E-state index in [1.807, 2.05) is 36.0 Å². The molecule has 0 bridgehead atoms. The van der Waals surface area contributed by atoms with E-state index in [0.717, 1.165) is 18.1 Å². The normalized spacial score (nSPS) is 15.5. The van der Waals surface area contributed by atoms with Gasteiger partial charge in [-0.3, -0.25) is 4.68 Å². The molecule has 1 fully saturated rings. The zero-order valence-electron chi connectivity index (χ0n) is 13.0. The zero-order chi connectivity index (χ0) is 15.6. The summed E-state index contributed by atoms with van der Waals surface area (Å²) in [5.41, 5.74) is 2.23. The van der Waals surface area contributed by atoms with Gasteiger partial charge in [-0.1, -0.05) is 17.3 Å². The van der Waals surface area contributed by atoms with Crippen LogP contribution in [0.5, 0.6) is 0 Å². The molecule has 1 atom stereocenters. The van der Waals surface area contributed by atoms with E-state index in [-0.39, 0.29) is 6.04 Å². The van der Waals surface area contributed by atoms with Gasteiger partial charge in [0, 0.05) is 24.0 Å². The number of rotatable bonds is 6. The molecule has 1 N–H and O–H groups in total. The number of hydrogen-bond acceptors (Lipinski definition) is 5. The molecular weight excluding hydrogens is 290 g/mol. The van der Waals surface area contributed by atoms with Crippen molar-refractivity contribution in [2.24, 2.45) is 0 Å². The molecule has 3 aromatic rings. The van der Waals surface area contributed by atoms with E-state index in [2.05, 4.69) is 32.7 Å². The highest BCUT2D eigenvalue weighted by molar-refractivity contribution is 5.46. The summed E-state index contributed by atoms with van der Waals surface area (Å²) in [7, 11) is 0. The van der Waals surface area contributed by atoms with E-state index in [9.17, 15) is 0 Å². The lowest BCUT2D eigenvalue weighted by Gasteiger charge is -2.12. The SMILES string of the molecule is CC(Nc1cccc(Cn2cccn2)c1)c1nc(C2CC2)no1. The molecule has 0 saturated heterocycles. The van der Waals surface area contributed by atoms with Gasteiger partial charge in [-0.2, -0.15) is 10.1 Å². The Morgan fingerprint density at radius 1 is 1.35 bits per heavy atom. The van der Waals surface area contributed by atoms with Gasteiger partial charge < -0.3 is 9.84 Å². The quantitative estimate of drug-likeness (QED) is 0.756. The van der Waals surface area contributed by atoms with Crippen LogP contribution in [0.15, 0.2) is 47.2 Å². The van der Waals surface area contributed by atoms with Crippen LogP contribution in [0.25, 0.3) is 0 Å². The predicted molar refractivity (Wildman–Crippen MR) is 86.1 cm³/mol. The summed E-state index contributed by atoms with van der Waals surface area (Å²) < 4.78 is 7.28. The molecule has 6 nitrogen and oxygen atoms in total. The van der Waals surface area contributed by atoms with Gasteiger partial charge in [0.1, 0.15) is 6.04 Å². The fourth-order valence-corrected chi connectivity index (χ4v) is 2.58. The highest BCUT2D eigenvalue weighted by atomic mass is 16.5. The van der Waals surface area contributed by atoms with Crippen LogP contribution >= 0.6 is 0 Å². The molecule has 1 aromatic carbocycles. The molecule has 0 spiro atoms. The van der Waals surface area contributed by atoms with Crippen molar-refractivity contribution in [2.75, 3.05) is 5.32 Å². The number of nitrogens with zero attached hydrogens (tertiary/aromatic N) is 4. The molecule has 0 aliphatic heterocycles. The van der Waals surface area contributed by atoms with Crippen molar-refractivity contribution >= 4 is 5.69 Å². The number of aromatic nitrogens is 4. The van der Waals surface area contributed by atoms with Crippen LogP contribution < -0.4 is 5.32 Å². The van der Waals surface area contributed by atoms with Crippen LogP contribution in [0.2, 0.25) is 0 Å². The first-order valence-electron chi connectivity index (χ1n) is 7.94. The second-order valence-electron chi connectivity index (χ2n) is 6.04. The number of nitrogens with one attached hydrogen (secondary N) is 1. The van der Waals surface area contributed by atoms with Crippen molar-refractivity contribution in [3.8, 4) is 0 Å². The van der Waals surface area contributed by atoms with Crippen molar-refractivity contribution in [3.05, 3.63) is 60.0 Å². The fraction of sp³-hybridized carbons (Fsp3) is 0.353. The Morgan fingerprint density at radius 3 is 3.04 bits per heavy atom. The Kier molecular flexibility index (Phi) is 3.57. The Hall–Kier alpha value is -2.63. The summed E-state index contributed by atoms with van der Waals surface area (Å²) >= 11 is 0. The average Bonchev–Trinajstić information content (AvgIpc) is 3.07. The van der Waals surface area contributed by atoms with Gasteiger partial charge in [0.15, 0.2) is 5.82 Å². The molecule has 4 rings (SSSR count). The molecule has 2 heterocycles. The van der Waals surface area contributed by atoms with Gasteiger partial charge in [-0.25, -0.2) is 0 Å². The number of anilines is 1. The minimum absolute atomic E-state index is 0.0186. The fourth-order valence-electron chi connectivity index (χ4n) is 2.58. The summed E-state index contributed by atoms with van der Waals surface area (Å²) in [6.07, 6.45) is 6.10. The van der Waals surface area contributed by atoms with Crippen molar-refractivity contribution in [1.82, 2.24) is 19.9 Å². The van der Waals surface area contributed by atoms with Crippen LogP contribution in [-0.4, -0.2) is 19.9 Å². The number of benzene rings is 1. The van der Waals surface area contributed by atoms with Gasteiger partial charge in [0.2, 0.25) is 5.89 Å². The first-order valence-corrected chi connectivity index (χ1v) is 7.94. The van der Waals surface area contributed by atoms with E-state index in [0.29, 0.717) is 11.8 Å². The van der Waals surface area contributed by atoms with E-state index in [4.69, 9.17) is 4.52 Å². The van der Waals surface area contributed by atoms with E-state index >= 15 is 0 Å². The second-order valence-corrected chi connectivity index (χ2v) is 6.04. The average molecular weight is 309 g/mol. The Morgan fingerprint density at radius 2 is 2.26 bits per heavy atom. The molecule has 6 heteroatoms. The van der Waals surface area contributed by atoms with E-state index < -0.39 is 0 Å². The Labute approximate surface area is 134 Å². The highest BCUT2D eigenvalue weighted by Crippen LogP contribution is 2.38. The maximum absolute atomic E-state index is 5.38. The lowest BCUT2D eigenvalue weighted by molar-refractivity contribution is 0.363. The third-order valence-corrected chi connectivity index (χ3v) is 3.98. The minimum atomic E-state index is -0.0186.